The summed E-state index contributed by atoms with van der Waals surface area (Å²) in [6.07, 6.45) is 1.60. The first kappa shape index (κ1) is 15.7. The average Bonchev–Trinajstić information content (AvgIpc) is 2.50. The molecule has 22 heavy (non-hydrogen) atoms. The van der Waals surface area contributed by atoms with Crippen molar-refractivity contribution in [2.75, 3.05) is 0 Å². The van der Waals surface area contributed by atoms with Gasteiger partial charge in [-0.05, 0) is 23.3 Å². The summed E-state index contributed by atoms with van der Waals surface area (Å²) in [4.78, 5) is 21.7. The number of carbonyl (C=O) groups is 1. The Bertz CT molecular complexity index is 697. The second-order valence-corrected chi connectivity index (χ2v) is 4.88. The van der Waals surface area contributed by atoms with Gasteiger partial charge in [0.15, 0.2) is 0 Å². The Balaban J connectivity index is 1.87. The number of amides is 1. The zero-order valence-electron chi connectivity index (χ0n) is 11.4. The molecule has 0 heterocycles. The molecule has 0 radical (unpaired) electrons. The summed E-state index contributed by atoms with van der Waals surface area (Å²) in [5, 5.41) is 15.0. The number of nitrogens with one attached hydrogen (secondary N) is 1. The summed E-state index contributed by atoms with van der Waals surface area (Å²) >= 11 is 5.76. The number of rotatable bonds is 5. The third-order valence-corrected chi connectivity index (χ3v) is 3.04. The lowest BCUT2D eigenvalue weighted by molar-refractivity contribution is -0.384. The predicted molar refractivity (Wildman–Crippen MR) is 84.0 cm³/mol. The third kappa shape index (κ3) is 4.68. The van der Waals surface area contributed by atoms with Gasteiger partial charge in [0.2, 0.25) is 5.91 Å². The largest absolute Gasteiger partial charge is 0.273 e. The molecule has 0 saturated carbocycles. The normalized spacial score (nSPS) is 10.6. The van der Waals surface area contributed by atoms with Gasteiger partial charge in [-0.2, -0.15) is 5.10 Å². The molecule has 1 amide bonds. The lowest BCUT2D eigenvalue weighted by atomic mass is 10.1. The molecule has 0 aliphatic carbocycles. The molecule has 0 unspecified atom stereocenters. The van der Waals surface area contributed by atoms with E-state index >= 15 is 0 Å². The molecule has 1 N–H and O–H groups in total. The molecule has 0 aliphatic heterocycles. The maximum absolute atomic E-state index is 11.7. The first-order chi connectivity index (χ1) is 10.5. The van der Waals surface area contributed by atoms with Crippen LogP contribution in [0.4, 0.5) is 5.69 Å². The summed E-state index contributed by atoms with van der Waals surface area (Å²) in [6, 6.07) is 12.8. The predicted octanol–water partition coefficient (Wildman–Crippen LogP) is 2.94. The number of nitro groups is 1. The van der Waals surface area contributed by atoms with Crippen LogP contribution in [0.5, 0.6) is 0 Å². The molecule has 2 aromatic carbocycles. The quantitative estimate of drug-likeness (QED) is 0.522. The Morgan fingerprint density at radius 1 is 1.18 bits per heavy atom. The number of hydrazone groups is 1. The van der Waals surface area contributed by atoms with E-state index in [1.807, 2.05) is 0 Å². The van der Waals surface area contributed by atoms with Gasteiger partial charge in [0.1, 0.15) is 0 Å². The van der Waals surface area contributed by atoms with E-state index in [9.17, 15) is 14.9 Å². The van der Waals surface area contributed by atoms with Gasteiger partial charge in [0.05, 0.1) is 17.6 Å². The monoisotopic (exact) mass is 317 g/mol. The van der Waals surface area contributed by atoms with Crippen LogP contribution in [0.15, 0.2) is 53.6 Å². The highest BCUT2D eigenvalue weighted by Gasteiger charge is 2.06. The first-order valence-corrected chi connectivity index (χ1v) is 6.73. The molecule has 112 valence electrons. The molecule has 0 atom stereocenters. The molecule has 7 heteroatoms. The van der Waals surface area contributed by atoms with Gasteiger partial charge in [-0.15, -0.1) is 0 Å². The fourth-order valence-electron chi connectivity index (χ4n) is 1.69. The van der Waals surface area contributed by atoms with Gasteiger partial charge in [-0.25, -0.2) is 5.43 Å². The van der Waals surface area contributed by atoms with E-state index in [2.05, 4.69) is 10.5 Å². The molecule has 0 aliphatic rings. The van der Waals surface area contributed by atoms with Crippen molar-refractivity contribution in [3.8, 4) is 0 Å². The van der Waals surface area contributed by atoms with Crippen molar-refractivity contribution in [2.24, 2.45) is 5.10 Å². The molecule has 0 spiro atoms. The van der Waals surface area contributed by atoms with Crippen molar-refractivity contribution in [1.82, 2.24) is 5.43 Å². The van der Waals surface area contributed by atoms with Crippen molar-refractivity contribution in [3.05, 3.63) is 74.8 Å². The maximum Gasteiger partial charge on any atom is 0.269 e. The van der Waals surface area contributed by atoms with E-state index in [1.54, 1.807) is 36.4 Å². The molecular formula is C15H12ClN3O3. The van der Waals surface area contributed by atoms with Crippen molar-refractivity contribution >= 4 is 29.4 Å². The van der Waals surface area contributed by atoms with E-state index in [4.69, 9.17) is 11.6 Å². The van der Waals surface area contributed by atoms with Gasteiger partial charge in [-0.3, -0.25) is 14.9 Å². The number of nitrogens with zero attached hydrogens (tertiary/aromatic N) is 2. The minimum Gasteiger partial charge on any atom is -0.273 e. The molecule has 2 rings (SSSR count). The van der Waals surface area contributed by atoms with Crippen LogP contribution in [0, 0.1) is 10.1 Å². The number of nitro benzene ring substituents is 1. The fraction of sp³-hybridized carbons (Fsp3) is 0.0667. The number of hydrogen-bond donors (Lipinski definition) is 1. The summed E-state index contributed by atoms with van der Waals surface area (Å²) in [5.74, 6) is -0.306. The van der Waals surface area contributed by atoms with Crippen LogP contribution in [0.3, 0.4) is 0 Å². The zero-order chi connectivity index (χ0) is 15.9. The molecule has 6 nitrogen and oxygen atoms in total. The smallest absolute Gasteiger partial charge is 0.269 e. The fourth-order valence-corrected chi connectivity index (χ4v) is 1.81. The minimum absolute atomic E-state index is 0.00934. The number of carbonyl (C=O) groups excluding carboxylic acids is 1. The van der Waals surface area contributed by atoms with E-state index in [0.29, 0.717) is 10.6 Å². The van der Waals surface area contributed by atoms with Crippen LogP contribution in [-0.4, -0.2) is 17.0 Å². The summed E-state index contributed by atoms with van der Waals surface area (Å²) < 4.78 is 0. The average molecular weight is 318 g/mol. The summed E-state index contributed by atoms with van der Waals surface area (Å²) in [6.45, 7) is 0. The van der Waals surface area contributed by atoms with Crippen molar-refractivity contribution in [2.45, 2.75) is 6.42 Å². The first-order valence-electron chi connectivity index (χ1n) is 6.35. The third-order valence-electron chi connectivity index (χ3n) is 2.78. The minimum atomic E-state index is -0.486. The maximum atomic E-state index is 11.7. The number of halogens is 1. The lowest BCUT2D eigenvalue weighted by Crippen LogP contribution is -2.19. The van der Waals surface area contributed by atoms with Crippen LogP contribution in [0.25, 0.3) is 0 Å². The second kappa shape index (κ2) is 7.33. The zero-order valence-corrected chi connectivity index (χ0v) is 12.2. The Morgan fingerprint density at radius 2 is 1.82 bits per heavy atom. The van der Waals surface area contributed by atoms with E-state index < -0.39 is 4.92 Å². The summed E-state index contributed by atoms with van der Waals surface area (Å²) in [5.41, 5.74) is 3.86. The van der Waals surface area contributed by atoms with Crippen LogP contribution in [0.1, 0.15) is 11.1 Å². The lowest BCUT2D eigenvalue weighted by Gasteiger charge is -2.00. The standard InChI is InChI=1S/C15H12ClN3O3/c16-13-5-1-12(2-6-13)10-17-18-15(20)9-11-3-7-14(8-4-11)19(21)22/h1-8,10H,9H2,(H,18,20). The molecule has 2 aromatic rings. The highest BCUT2D eigenvalue weighted by molar-refractivity contribution is 6.30. The van der Waals surface area contributed by atoms with E-state index in [1.165, 1.54) is 18.3 Å². The van der Waals surface area contributed by atoms with Gasteiger partial charge < -0.3 is 0 Å². The number of hydrogen-bond acceptors (Lipinski definition) is 4. The highest BCUT2D eigenvalue weighted by Crippen LogP contribution is 2.12. The van der Waals surface area contributed by atoms with E-state index in [-0.39, 0.29) is 18.0 Å². The Labute approximate surface area is 131 Å². The molecule has 0 saturated heterocycles. The molecular weight excluding hydrogens is 306 g/mol. The Hall–Kier alpha value is -2.73. The van der Waals surface area contributed by atoms with Crippen LogP contribution >= 0.6 is 11.6 Å². The van der Waals surface area contributed by atoms with Crippen molar-refractivity contribution < 1.29 is 9.72 Å². The second-order valence-electron chi connectivity index (χ2n) is 4.45. The SMILES string of the molecule is O=C(Cc1ccc([N+](=O)[O-])cc1)NN=Cc1ccc(Cl)cc1. The molecule has 0 fully saturated rings. The molecule has 0 aromatic heterocycles. The Morgan fingerprint density at radius 3 is 2.41 bits per heavy atom. The van der Waals surface area contributed by atoms with Crippen LogP contribution in [-0.2, 0) is 11.2 Å². The van der Waals surface area contributed by atoms with Gasteiger partial charge in [0, 0.05) is 17.2 Å². The van der Waals surface area contributed by atoms with Gasteiger partial charge >= 0.3 is 0 Å². The highest BCUT2D eigenvalue weighted by atomic mass is 35.5. The number of benzene rings is 2. The number of non-ortho nitro benzene ring substituents is 1. The van der Waals surface area contributed by atoms with Gasteiger partial charge in [0.25, 0.3) is 5.69 Å². The Kier molecular flexibility index (Phi) is 5.21. The van der Waals surface area contributed by atoms with Crippen molar-refractivity contribution in [1.29, 1.82) is 0 Å². The van der Waals surface area contributed by atoms with Crippen LogP contribution in [0.2, 0.25) is 5.02 Å². The van der Waals surface area contributed by atoms with E-state index in [0.717, 1.165) is 5.56 Å². The summed E-state index contributed by atoms with van der Waals surface area (Å²) in [7, 11) is 0. The van der Waals surface area contributed by atoms with Gasteiger partial charge in [-0.1, -0.05) is 35.9 Å². The molecule has 0 bridgehead atoms. The van der Waals surface area contributed by atoms with Crippen LogP contribution < -0.4 is 5.43 Å². The topological polar surface area (TPSA) is 84.6 Å². The van der Waals surface area contributed by atoms with Crippen molar-refractivity contribution in [3.63, 3.8) is 0 Å².